The molecule has 0 saturated heterocycles. The summed E-state index contributed by atoms with van der Waals surface area (Å²) in [5, 5.41) is 1.13. The summed E-state index contributed by atoms with van der Waals surface area (Å²) < 4.78 is 23.1. The Morgan fingerprint density at radius 1 is 1.32 bits per heavy atom. The number of hydrogen-bond acceptors (Lipinski definition) is 6. The Kier molecular flexibility index (Phi) is 4.11. The molecule has 2 aromatic rings. The largest absolute Gasteiger partial charge is 0.355 e. The first-order chi connectivity index (χ1) is 10.4. The van der Waals surface area contributed by atoms with E-state index in [9.17, 15) is 8.42 Å². The third-order valence-corrected chi connectivity index (χ3v) is 6.56. The zero-order chi connectivity index (χ0) is 15.9. The van der Waals surface area contributed by atoms with E-state index < -0.39 is 9.84 Å². The highest BCUT2D eigenvalue weighted by Crippen LogP contribution is 2.39. The van der Waals surface area contributed by atoms with Crippen LogP contribution < -0.4 is 4.90 Å². The van der Waals surface area contributed by atoms with Crippen LogP contribution in [0.25, 0.3) is 10.2 Å². The van der Waals surface area contributed by atoms with Crippen molar-refractivity contribution in [3.8, 4) is 0 Å². The van der Waals surface area contributed by atoms with Crippen LogP contribution in [-0.2, 0) is 22.7 Å². The van der Waals surface area contributed by atoms with Crippen LogP contribution in [0.4, 0.5) is 5.82 Å². The lowest BCUT2D eigenvalue weighted by Gasteiger charge is -2.26. The van der Waals surface area contributed by atoms with Crippen molar-refractivity contribution in [1.82, 2.24) is 9.97 Å². The van der Waals surface area contributed by atoms with Gasteiger partial charge < -0.3 is 4.90 Å². The first-order valence-corrected chi connectivity index (χ1v) is 10.4. The van der Waals surface area contributed by atoms with Gasteiger partial charge in [0.1, 0.15) is 26.8 Å². The molecule has 1 atom stereocenters. The summed E-state index contributed by atoms with van der Waals surface area (Å²) in [6.45, 7) is 1.92. The van der Waals surface area contributed by atoms with Crippen molar-refractivity contribution < 1.29 is 8.42 Å². The number of aryl methyl sites for hydroxylation is 2. The third kappa shape index (κ3) is 2.96. The van der Waals surface area contributed by atoms with Crippen LogP contribution >= 0.6 is 11.3 Å². The maximum Gasteiger partial charge on any atom is 0.149 e. The Hall–Kier alpha value is -1.21. The van der Waals surface area contributed by atoms with E-state index in [0.29, 0.717) is 0 Å². The summed E-state index contributed by atoms with van der Waals surface area (Å²) in [7, 11) is -1.09. The van der Waals surface area contributed by atoms with E-state index in [1.165, 1.54) is 29.5 Å². The van der Waals surface area contributed by atoms with E-state index in [2.05, 4.69) is 9.97 Å². The van der Waals surface area contributed by atoms with Crippen LogP contribution in [0.15, 0.2) is 6.33 Å². The van der Waals surface area contributed by atoms with Gasteiger partial charge in [0.2, 0.25) is 0 Å². The Balaban J connectivity index is 2.05. The normalized spacial score (nSPS) is 16.5. The number of fused-ring (bicyclic) bond motifs is 3. The Morgan fingerprint density at radius 3 is 2.77 bits per heavy atom. The van der Waals surface area contributed by atoms with Gasteiger partial charge in [0.15, 0.2) is 0 Å². The molecule has 1 unspecified atom stereocenters. The first kappa shape index (κ1) is 15.7. The lowest BCUT2D eigenvalue weighted by atomic mass is 9.97. The Labute approximate surface area is 135 Å². The van der Waals surface area contributed by atoms with E-state index in [1.807, 2.05) is 18.9 Å². The second-order valence-electron chi connectivity index (χ2n) is 6.14. The van der Waals surface area contributed by atoms with E-state index in [4.69, 9.17) is 0 Å². The average Bonchev–Trinajstić information content (AvgIpc) is 2.83. The molecule has 0 bridgehead atoms. The minimum atomic E-state index is -3.02. The molecule has 1 aliphatic carbocycles. The number of nitrogens with zero attached hydrogens (tertiary/aromatic N) is 3. The molecule has 0 aliphatic heterocycles. The van der Waals surface area contributed by atoms with Crippen molar-refractivity contribution in [2.45, 2.75) is 38.6 Å². The third-order valence-electron chi connectivity index (χ3n) is 4.27. The van der Waals surface area contributed by atoms with Crippen LogP contribution in [-0.4, -0.2) is 43.5 Å². The highest BCUT2D eigenvalue weighted by Gasteiger charge is 2.24. The number of aromatic nitrogens is 2. The van der Waals surface area contributed by atoms with Crippen LogP contribution in [0.1, 0.15) is 30.2 Å². The van der Waals surface area contributed by atoms with Gasteiger partial charge in [-0.15, -0.1) is 11.3 Å². The average molecular weight is 339 g/mol. The van der Waals surface area contributed by atoms with Gasteiger partial charge in [0.25, 0.3) is 0 Å². The van der Waals surface area contributed by atoms with Crippen molar-refractivity contribution in [3.63, 3.8) is 0 Å². The molecule has 0 N–H and O–H groups in total. The van der Waals surface area contributed by atoms with Gasteiger partial charge in [-0.2, -0.15) is 0 Å². The number of rotatable bonds is 4. The van der Waals surface area contributed by atoms with Crippen LogP contribution in [0, 0.1) is 0 Å². The highest BCUT2D eigenvalue weighted by molar-refractivity contribution is 7.90. The molecule has 2 aromatic heterocycles. The molecule has 0 amide bonds. The number of sulfone groups is 1. The standard InChI is InChI=1S/C15H21N3O2S2/c1-10(8-22(3,19)20)18(2)14-13-11-6-4-5-7-12(11)21-15(13)17-9-16-14/h9-10H,4-8H2,1-3H3. The maximum absolute atomic E-state index is 11.6. The Morgan fingerprint density at radius 2 is 2.05 bits per heavy atom. The molecule has 22 heavy (non-hydrogen) atoms. The van der Waals surface area contributed by atoms with E-state index in [0.717, 1.165) is 28.9 Å². The lowest BCUT2D eigenvalue weighted by molar-refractivity contribution is 0.593. The van der Waals surface area contributed by atoms with Crippen LogP contribution in [0.3, 0.4) is 0 Å². The van der Waals surface area contributed by atoms with Gasteiger partial charge in [-0.3, -0.25) is 0 Å². The molecule has 1 aliphatic rings. The van der Waals surface area contributed by atoms with Gasteiger partial charge in [-0.05, 0) is 38.2 Å². The summed E-state index contributed by atoms with van der Waals surface area (Å²) in [5.41, 5.74) is 1.38. The van der Waals surface area contributed by atoms with Gasteiger partial charge in [-0.1, -0.05) is 0 Å². The van der Waals surface area contributed by atoms with Crippen molar-refractivity contribution in [3.05, 3.63) is 16.8 Å². The number of thiophene rings is 1. The molecule has 3 rings (SSSR count). The highest BCUT2D eigenvalue weighted by atomic mass is 32.2. The van der Waals surface area contributed by atoms with Gasteiger partial charge in [0, 0.05) is 24.2 Å². The fourth-order valence-electron chi connectivity index (χ4n) is 3.10. The smallest absolute Gasteiger partial charge is 0.149 e. The fraction of sp³-hybridized carbons (Fsp3) is 0.600. The molecule has 0 spiro atoms. The number of anilines is 1. The van der Waals surface area contributed by atoms with Crippen molar-refractivity contribution >= 4 is 37.2 Å². The van der Waals surface area contributed by atoms with E-state index >= 15 is 0 Å². The van der Waals surface area contributed by atoms with Crippen LogP contribution in [0.2, 0.25) is 0 Å². The van der Waals surface area contributed by atoms with Crippen molar-refractivity contribution in [1.29, 1.82) is 0 Å². The fourth-order valence-corrected chi connectivity index (χ4v) is 5.42. The minimum Gasteiger partial charge on any atom is -0.355 e. The quantitative estimate of drug-likeness (QED) is 0.856. The second-order valence-corrected chi connectivity index (χ2v) is 9.41. The van der Waals surface area contributed by atoms with Crippen LogP contribution in [0.5, 0.6) is 0 Å². The maximum atomic E-state index is 11.6. The molecule has 0 fully saturated rings. The first-order valence-electron chi connectivity index (χ1n) is 7.52. The summed E-state index contributed by atoms with van der Waals surface area (Å²) in [6, 6.07) is -0.118. The Bertz CT molecular complexity index is 798. The molecule has 0 saturated carbocycles. The molecular weight excluding hydrogens is 318 g/mol. The van der Waals surface area contributed by atoms with E-state index in [-0.39, 0.29) is 11.8 Å². The van der Waals surface area contributed by atoms with Crippen molar-refractivity contribution in [2.24, 2.45) is 0 Å². The summed E-state index contributed by atoms with van der Waals surface area (Å²) in [4.78, 5) is 13.3. The minimum absolute atomic E-state index is 0.118. The summed E-state index contributed by atoms with van der Waals surface area (Å²) in [6.07, 6.45) is 7.50. The zero-order valence-electron chi connectivity index (χ0n) is 13.2. The summed E-state index contributed by atoms with van der Waals surface area (Å²) in [5.74, 6) is 0.988. The van der Waals surface area contributed by atoms with Crippen molar-refractivity contribution in [2.75, 3.05) is 24.0 Å². The van der Waals surface area contributed by atoms with Gasteiger partial charge in [0.05, 0.1) is 11.1 Å². The topological polar surface area (TPSA) is 63.2 Å². The van der Waals surface area contributed by atoms with E-state index in [1.54, 1.807) is 17.7 Å². The molecule has 0 aromatic carbocycles. The SMILES string of the molecule is CC(CS(C)(=O)=O)N(C)c1ncnc2sc3c(c12)CCCC3. The molecular formula is C15H21N3O2S2. The molecule has 2 heterocycles. The molecule has 120 valence electrons. The predicted octanol–water partition coefficient (Wildman–Crippen LogP) is 2.44. The zero-order valence-corrected chi connectivity index (χ0v) is 14.8. The monoisotopic (exact) mass is 339 g/mol. The van der Waals surface area contributed by atoms with Gasteiger partial charge >= 0.3 is 0 Å². The second kappa shape index (κ2) is 5.77. The molecule has 7 heteroatoms. The molecule has 5 nitrogen and oxygen atoms in total. The summed E-state index contributed by atoms with van der Waals surface area (Å²) >= 11 is 1.76. The lowest BCUT2D eigenvalue weighted by Crippen LogP contribution is -2.35. The predicted molar refractivity (Wildman–Crippen MR) is 91.6 cm³/mol. The molecule has 0 radical (unpaired) electrons. The number of hydrogen-bond donors (Lipinski definition) is 0. The van der Waals surface area contributed by atoms with Gasteiger partial charge in [-0.25, -0.2) is 18.4 Å².